The zero-order chi connectivity index (χ0) is 29.8. The molecule has 14 heteroatoms. The van der Waals surface area contributed by atoms with Gasteiger partial charge in [0.05, 0.1) is 21.6 Å². The number of sulfonamides is 1. The van der Waals surface area contributed by atoms with Crippen molar-refractivity contribution < 1.29 is 22.8 Å². The van der Waals surface area contributed by atoms with Gasteiger partial charge in [0, 0.05) is 29.9 Å². The van der Waals surface area contributed by atoms with Crippen molar-refractivity contribution in [1.82, 2.24) is 19.4 Å². The number of halogens is 4. The third-order valence-corrected chi connectivity index (χ3v) is 10.9. The first-order valence-electron chi connectivity index (χ1n) is 13.1. The number of nitrogens with zero attached hydrogens (tertiary/aromatic N) is 3. The predicted molar refractivity (Wildman–Crippen MR) is 156 cm³/mol. The topological polar surface area (TPSA) is 107 Å². The molecule has 220 valence electrons. The lowest BCUT2D eigenvalue weighted by Gasteiger charge is -2.54. The quantitative estimate of drug-likeness (QED) is 0.478. The van der Waals surface area contributed by atoms with E-state index < -0.39 is 34.2 Å². The third-order valence-electron chi connectivity index (χ3n) is 7.61. The average molecular weight is 662 g/mol. The molecule has 1 aliphatic carbocycles. The number of nitrogens with one attached hydrogen (secondary N) is 1. The Kier molecular flexibility index (Phi) is 8.55. The van der Waals surface area contributed by atoms with Crippen molar-refractivity contribution in [2.24, 2.45) is 5.92 Å². The Balaban J connectivity index is 1.61. The number of piperazine rings is 1. The van der Waals surface area contributed by atoms with Crippen LogP contribution in [0.5, 0.6) is 0 Å². The van der Waals surface area contributed by atoms with Crippen LogP contribution in [0.15, 0.2) is 41.3 Å². The lowest BCUT2D eigenvalue weighted by atomic mass is 9.96. The van der Waals surface area contributed by atoms with Crippen LogP contribution in [-0.4, -0.2) is 77.6 Å². The molecular weight excluding hydrogens is 634 g/mol. The smallest absolute Gasteiger partial charge is 0.248 e. The summed E-state index contributed by atoms with van der Waals surface area (Å²) >= 11 is 24.7. The predicted octanol–water partition coefficient (Wildman–Crippen LogP) is 4.22. The average Bonchev–Trinajstić information content (AvgIpc) is 3.74. The van der Waals surface area contributed by atoms with Crippen LogP contribution >= 0.6 is 46.4 Å². The molecule has 0 radical (unpaired) electrons. The summed E-state index contributed by atoms with van der Waals surface area (Å²) in [6.45, 7) is 3.26. The standard InChI is InChI=1S/C27H28Cl4N4O5S/c1-14(2)33-13-24-34(41(39,40)23-8-6-17(28)11-20(23)31)12-21(32-25(36)16-4-5-16)26(37)35(24)22(27(33)38)10-15-3-7-18(29)19(30)9-15/h3,6-9,11,14,16,21-22,24H,4-5,10,12-13H2,1-2H3,(H,32,36). The minimum Gasteiger partial charge on any atom is -0.343 e. The summed E-state index contributed by atoms with van der Waals surface area (Å²) in [6.07, 6.45) is 0.397. The monoisotopic (exact) mass is 660 g/mol. The number of carbonyl (C=O) groups excluding carboxylic acids is 3. The molecule has 2 saturated heterocycles. The molecule has 41 heavy (non-hydrogen) atoms. The van der Waals surface area contributed by atoms with Gasteiger partial charge in [-0.2, -0.15) is 4.31 Å². The van der Waals surface area contributed by atoms with Gasteiger partial charge in [-0.3, -0.25) is 14.4 Å². The maximum Gasteiger partial charge on any atom is 0.248 e. The molecule has 3 fully saturated rings. The van der Waals surface area contributed by atoms with Crippen LogP contribution in [0.25, 0.3) is 0 Å². The maximum absolute atomic E-state index is 14.2. The summed E-state index contributed by atoms with van der Waals surface area (Å²) in [6, 6.07) is 6.41. The number of hydrogen-bond donors (Lipinski definition) is 1. The van der Waals surface area contributed by atoms with Gasteiger partial charge in [0.25, 0.3) is 0 Å². The van der Waals surface area contributed by atoms with Crippen molar-refractivity contribution in [3.63, 3.8) is 0 Å². The Morgan fingerprint density at radius 2 is 1.66 bits per heavy atom. The van der Waals surface area contributed by atoms with Crippen LogP contribution in [0, 0.1) is 5.92 Å². The fourth-order valence-corrected chi connectivity index (χ4v) is 7.97. The number of rotatable bonds is 7. The van der Waals surface area contributed by atoms with Crippen molar-refractivity contribution in [3.05, 3.63) is 62.1 Å². The van der Waals surface area contributed by atoms with E-state index in [0.717, 1.165) is 4.31 Å². The SMILES string of the molecule is CC(C)N1CC2N(C(=O)C(NC(=O)C3CC3)CN2S(=O)(=O)c2ccc(Cl)cc2Cl)C(Cc2ccc(Cl)c(Cl)c2)C1=O. The molecule has 0 spiro atoms. The fraction of sp³-hybridized carbons (Fsp3) is 0.444. The van der Waals surface area contributed by atoms with E-state index >= 15 is 0 Å². The molecule has 3 atom stereocenters. The first kappa shape index (κ1) is 30.4. The first-order valence-corrected chi connectivity index (χ1v) is 16.1. The summed E-state index contributed by atoms with van der Waals surface area (Å²) < 4.78 is 29.5. The lowest BCUT2D eigenvalue weighted by molar-refractivity contribution is -0.169. The number of carbonyl (C=O) groups is 3. The molecule has 2 aliphatic heterocycles. The second-order valence-corrected chi connectivity index (χ2v) is 14.3. The van der Waals surface area contributed by atoms with Gasteiger partial charge in [-0.15, -0.1) is 0 Å². The van der Waals surface area contributed by atoms with Crippen LogP contribution in [0.4, 0.5) is 0 Å². The van der Waals surface area contributed by atoms with Crippen molar-refractivity contribution in [3.8, 4) is 0 Å². The van der Waals surface area contributed by atoms with Crippen LogP contribution in [-0.2, 0) is 30.8 Å². The molecular formula is C27H28Cl4N4O5S. The number of fused-ring (bicyclic) bond motifs is 1. The van der Waals surface area contributed by atoms with Crippen LogP contribution < -0.4 is 5.32 Å². The van der Waals surface area contributed by atoms with Gasteiger partial charge in [0.2, 0.25) is 27.7 Å². The lowest BCUT2D eigenvalue weighted by Crippen LogP contribution is -2.76. The Bertz CT molecular complexity index is 1520. The number of benzene rings is 2. The number of amides is 3. The van der Waals surface area contributed by atoms with Crippen molar-refractivity contribution in [2.75, 3.05) is 13.1 Å². The molecule has 9 nitrogen and oxygen atoms in total. The van der Waals surface area contributed by atoms with Gasteiger partial charge < -0.3 is 15.1 Å². The molecule has 3 aliphatic rings. The second kappa shape index (κ2) is 11.5. The molecule has 3 unspecified atom stereocenters. The summed E-state index contributed by atoms with van der Waals surface area (Å²) in [7, 11) is -4.33. The highest BCUT2D eigenvalue weighted by molar-refractivity contribution is 7.89. The Hall–Kier alpha value is -2.08. The van der Waals surface area contributed by atoms with E-state index in [1.54, 1.807) is 23.1 Å². The molecule has 2 heterocycles. The number of hydrogen-bond acceptors (Lipinski definition) is 5. The van der Waals surface area contributed by atoms with E-state index in [4.69, 9.17) is 46.4 Å². The normalized spacial score (nSPS) is 23.6. The molecule has 2 aromatic carbocycles. The van der Waals surface area contributed by atoms with Gasteiger partial charge in [-0.1, -0.05) is 52.5 Å². The summed E-state index contributed by atoms with van der Waals surface area (Å²) in [4.78, 5) is 43.3. The molecule has 1 N–H and O–H groups in total. The molecule has 2 aromatic rings. The van der Waals surface area contributed by atoms with Crippen molar-refractivity contribution >= 4 is 74.1 Å². The van der Waals surface area contributed by atoms with Crippen LogP contribution in [0.1, 0.15) is 32.3 Å². The van der Waals surface area contributed by atoms with Crippen LogP contribution in [0.2, 0.25) is 20.1 Å². The van der Waals surface area contributed by atoms with Gasteiger partial charge in [-0.25, -0.2) is 8.42 Å². The third kappa shape index (κ3) is 5.92. The second-order valence-electron chi connectivity index (χ2n) is 10.8. The Morgan fingerprint density at radius 3 is 2.27 bits per heavy atom. The van der Waals surface area contributed by atoms with E-state index in [9.17, 15) is 22.8 Å². The summed E-state index contributed by atoms with van der Waals surface area (Å²) in [5.41, 5.74) is 0.634. The Labute approximate surface area is 258 Å². The highest BCUT2D eigenvalue weighted by Gasteiger charge is 2.54. The van der Waals surface area contributed by atoms with E-state index in [0.29, 0.717) is 23.4 Å². The van der Waals surface area contributed by atoms with Crippen molar-refractivity contribution in [1.29, 1.82) is 0 Å². The van der Waals surface area contributed by atoms with Crippen molar-refractivity contribution in [2.45, 2.75) is 62.3 Å². The summed E-state index contributed by atoms with van der Waals surface area (Å²) in [5, 5.41) is 3.53. The van der Waals surface area contributed by atoms with Gasteiger partial charge in [0.1, 0.15) is 23.1 Å². The summed E-state index contributed by atoms with van der Waals surface area (Å²) in [5.74, 6) is -1.41. The highest BCUT2D eigenvalue weighted by Crippen LogP contribution is 2.36. The zero-order valence-electron chi connectivity index (χ0n) is 22.2. The van der Waals surface area contributed by atoms with Gasteiger partial charge in [-0.05, 0) is 62.6 Å². The molecule has 1 saturated carbocycles. The molecule has 5 rings (SSSR count). The Morgan fingerprint density at radius 1 is 0.951 bits per heavy atom. The van der Waals surface area contributed by atoms with E-state index in [1.165, 1.54) is 23.1 Å². The van der Waals surface area contributed by atoms with E-state index in [1.807, 2.05) is 13.8 Å². The fourth-order valence-electron chi connectivity index (χ4n) is 5.31. The minimum atomic E-state index is -4.33. The molecule has 0 aromatic heterocycles. The first-order chi connectivity index (χ1) is 19.3. The molecule has 3 amide bonds. The zero-order valence-corrected chi connectivity index (χ0v) is 26.0. The highest BCUT2D eigenvalue weighted by atomic mass is 35.5. The maximum atomic E-state index is 14.2. The minimum absolute atomic E-state index is 0.0556. The largest absolute Gasteiger partial charge is 0.343 e. The molecule has 0 bridgehead atoms. The van der Waals surface area contributed by atoms with Crippen LogP contribution in [0.3, 0.4) is 0 Å². The van der Waals surface area contributed by atoms with Gasteiger partial charge in [0.15, 0.2) is 0 Å². The van der Waals surface area contributed by atoms with Gasteiger partial charge >= 0.3 is 0 Å². The van der Waals surface area contributed by atoms with E-state index in [2.05, 4.69) is 5.32 Å². The van der Waals surface area contributed by atoms with E-state index in [-0.39, 0.29) is 63.2 Å².